The first-order valence-corrected chi connectivity index (χ1v) is 18.1. The number of esters is 2. The predicted molar refractivity (Wildman–Crippen MR) is 190 cm³/mol. The number of carbonyl (C=O) groups is 4. The zero-order valence-corrected chi connectivity index (χ0v) is 30.1. The van der Waals surface area contributed by atoms with E-state index in [9.17, 15) is 34.5 Å². The minimum absolute atomic E-state index is 0.0302. The monoisotopic (exact) mass is 712 g/mol. The van der Waals surface area contributed by atoms with E-state index >= 15 is 0 Å². The van der Waals surface area contributed by atoms with Crippen LogP contribution in [-0.2, 0) is 48.0 Å². The van der Waals surface area contributed by atoms with E-state index in [2.05, 4.69) is 10.3 Å². The van der Waals surface area contributed by atoms with Gasteiger partial charge in [-0.15, -0.1) is 0 Å². The van der Waals surface area contributed by atoms with E-state index in [1.807, 2.05) is 56.3 Å². The van der Waals surface area contributed by atoms with Crippen LogP contribution in [0.4, 0.5) is 0 Å². The molecule has 13 heteroatoms. The molecule has 1 aromatic carbocycles. The van der Waals surface area contributed by atoms with Gasteiger partial charge in [-0.1, -0.05) is 42.5 Å². The summed E-state index contributed by atoms with van der Waals surface area (Å²) in [5, 5.41) is 33.8. The lowest BCUT2D eigenvalue weighted by Gasteiger charge is -2.26. The Balaban J connectivity index is 1.56. The summed E-state index contributed by atoms with van der Waals surface area (Å²) in [6.07, 6.45) is 10.3. The van der Waals surface area contributed by atoms with Crippen molar-refractivity contribution in [3.05, 3.63) is 66.3 Å². The quantitative estimate of drug-likeness (QED) is 0.0679. The molecule has 6 N–H and O–H groups in total. The Morgan fingerprint density at radius 2 is 1.80 bits per heavy atom. The molecular formula is C38H56N4O9. The number of aliphatic hydroxyl groups excluding tert-OH is 2. The lowest BCUT2D eigenvalue weighted by molar-refractivity contribution is -0.152. The molecule has 1 fully saturated rings. The minimum atomic E-state index is -1.21. The molecule has 0 bridgehead atoms. The number of imidazole rings is 1. The molecule has 1 aliphatic carbocycles. The second-order valence-corrected chi connectivity index (χ2v) is 13.8. The van der Waals surface area contributed by atoms with Gasteiger partial charge in [0.15, 0.2) is 0 Å². The van der Waals surface area contributed by atoms with Gasteiger partial charge in [-0.2, -0.15) is 0 Å². The number of allylic oxidation sites excluding steroid dienone is 2. The zero-order valence-electron chi connectivity index (χ0n) is 30.1. The van der Waals surface area contributed by atoms with Crippen LogP contribution in [0.2, 0.25) is 0 Å². The van der Waals surface area contributed by atoms with Gasteiger partial charge < -0.3 is 40.4 Å². The number of aliphatic carboxylic acids is 1. The van der Waals surface area contributed by atoms with Gasteiger partial charge in [-0.3, -0.25) is 14.4 Å². The fraction of sp³-hybridized carbons (Fsp3) is 0.605. The van der Waals surface area contributed by atoms with Crippen molar-refractivity contribution in [1.29, 1.82) is 0 Å². The second kappa shape index (κ2) is 21.3. The molecule has 51 heavy (non-hydrogen) atoms. The number of carboxylic acids is 1. The Hall–Kier alpha value is -4.07. The molecular weight excluding hydrogens is 656 g/mol. The van der Waals surface area contributed by atoms with Crippen LogP contribution in [0.25, 0.3) is 0 Å². The van der Waals surface area contributed by atoms with Crippen LogP contribution in [0.3, 0.4) is 0 Å². The van der Waals surface area contributed by atoms with Gasteiger partial charge in [-0.05, 0) is 77.2 Å². The van der Waals surface area contributed by atoms with Crippen molar-refractivity contribution in [2.75, 3.05) is 0 Å². The highest BCUT2D eigenvalue weighted by atomic mass is 16.5. The minimum Gasteiger partial charge on any atom is -0.480 e. The average Bonchev–Trinajstić information content (AvgIpc) is 3.65. The van der Waals surface area contributed by atoms with Gasteiger partial charge in [0.25, 0.3) is 0 Å². The normalized spacial score (nSPS) is 20.6. The Morgan fingerprint density at radius 3 is 2.49 bits per heavy atom. The van der Waals surface area contributed by atoms with Crippen LogP contribution in [0.1, 0.15) is 89.8 Å². The van der Waals surface area contributed by atoms with E-state index in [0.29, 0.717) is 57.1 Å². The van der Waals surface area contributed by atoms with Crippen LogP contribution in [-0.4, -0.2) is 85.2 Å². The lowest BCUT2D eigenvalue weighted by Crippen LogP contribution is -2.48. The lowest BCUT2D eigenvalue weighted by atomic mass is 9.85. The van der Waals surface area contributed by atoms with Crippen LogP contribution >= 0.6 is 0 Å². The van der Waals surface area contributed by atoms with E-state index in [0.717, 1.165) is 12.0 Å². The van der Waals surface area contributed by atoms with Gasteiger partial charge in [0.2, 0.25) is 5.91 Å². The number of nitrogens with one attached hydrogen (secondary N) is 1. The Morgan fingerprint density at radius 1 is 1.06 bits per heavy atom. The third-order valence-electron chi connectivity index (χ3n) is 9.12. The molecule has 7 atom stereocenters. The highest BCUT2D eigenvalue weighted by Crippen LogP contribution is 2.40. The summed E-state index contributed by atoms with van der Waals surface area (Å²) in [5.41, 5.74) is 7.12. The second-order valence-electron chi connectivity index (χ2n) is 13.8. The number of hydrogen-bond donors (Lipinski definition) is 5. The number of hydrogen-bond acceptors (Lipinski definition) is 10. The number of amides is 1. The third-order valence-corrected chi connectivity index (χ3v) is 9.12. The molecule has 1 aromatic heterocycles. The first-order chi connectivity index (χ1) is 24.3. The molecule has 2 aromatic rings. The molecule has 0 radical (unpaired) electrons. The van der Waals surface area contributed by atoms with E-state index in [4.69, 9.17) is 15.2 Å². The third kappa shape index (κ3) is 15.0. The Labute approximate surface area is 300 Å². The molecule has 1 heterocycles. The first kappa shape index (κ1) is 41.4. The van der Waals surface area contributed by atoms with Gasteiger partial charge in [0, 0.05) is 37.9 Å². The van der Waals surface area contributed by atoms with E-state index in [1.165, 1.54) is 13.3 Å². The van der Waals surface area contributed by atoms with E-state index in [-0.39, 0.29) is 43.3 Å². The number of nitrogens with zero attached hydrogens (tertiary/aromatic N) is 2. The van der Waals surface area contributed by atoms with Crippen molar-refractivity contribution in [2.24, 2.45) is 17.6 Å². The molecule has 1 aliphatic rings. The fourth-order valence-corrected chi connectivity index (χ4v) is 6.38. The van der Waals surface area contributed by atoms with Crippen LogP contribution in [0.5, 0.6) is 0 Å². The number of carboxylic acid groups (broad SMARTS) is 1. The van der Waals surface area contributed by atoms with Gasteiger partial charge in [0.05, 0.1) is 42.8 Å². The Bertz CT molecular complexity index is 1410. The largest absolute Gasteiger partial charge is 0.480 e. The maximum Gasteiger partial charge on any atom is 0.326 e. The van der Waals surface area contributed by atoms with E-state index < -0.39 is 48.2 Å². The first-order valence-electron chi connectivity index (χ1n) is 18.1. The summed E-state index contributed by atoms with van der Waals surface area (Å²) in [6, 6.07) is 7.92. The van der Waals surface area contributed by atoms with Crippen molar-refractivity contribution in [1.82, 2.24) is 14.9 Å². The molecule has 2 unspecified atom stereocenters. The van der Waals surface area contributed by atoms with Gasteiger partial charge in [-0.25, -0.2) is 9.78 Å². The summed E-state index contributed by atoms with van der Waals surface area (Å²) < 4.78 is 12.8. The van der Waals surface area contributed by atoms with Gasteiger partial charge in [0.1, 0.15) is 12.1 Å². The van der Waals surface area contributed by atoms with Crippen molar-refractivity contribution in [2.45, 2.75) is 134 Å². The number of aliphatic hydroxyl groups is 2. The number of benzene rings is 1. The van der Waals surface area contributed by atoms with Crippen LogP contribution in [0.15, 0.2) is 55.0 Å². The number of rotatable bonds is 22. The summed E-state index contributed by atoms with van der Waals surface area (Å²) >= 11 is 0. The molecule has 3 rings (SSSR count). The molecule has 282 valence electrons. The molecule has 1 amide bonds. The summed E-state index contributed by atoms with van der Waals surface area (Å²) in [4.78, 5) is 52.7. The highest BCUT2D eigenvalue weighted by molar-refractivity contribution is 5.86. The molecule has 1 saturated carbocycles. The maximum absolute atomic E-state index is 13.1. The van der Waals surface area contributed by atoms with Crippen molar-refractivity contribution in [3.63, 3.8) is 0 Å². The van der Waals surface area contributed by atoms with Crippen molar-refractivity contribution in [3.8, 4) is 0 Å². The van der Waals surface area contributed by atoms with Gasteiger partial charge >= 0.3 is 17.9 Å². The SMILES string of the molecule is CC(C)OC(=O)CCC/C=C\C[C@@H]1[C@@H](CC[C@@H](O)CCc2ccccc2)[C@H](OC(=O)CCn2cnc(CC(NC(=O)C(C)N)C(=O)O)c2)C[C@@H]1O. The number of carbonyl (C=O) groups excluding carboxylic acids is 3. The molecule has 0 spiro atoms. The maximum atomic E-state index is 13.1. The standard InChI is InChI=1S/C38H56N4O9/c1-25(2)50-35(45)14-10-5-4-9-13-30-31(18-17-29(43)16-15-27-11-7-6-8-12-27)34(22-33(30)44)51-36(46)19-20-42-23-28(40-24-42)21-32(38(48)49)41-37(47)26(3)39/h4,6-9,11-12,23-26,29-34,43-44H,5,10,13-22,39H2,1-3H3,(H,41,47)(H,48,49)/b9-4-/t26?,29-,30+,31+,32?,33-,34+/m0/s1. The highest BCUT2D eigenvalue weighted by Gasteiger charge is 2.43. The smallest absolute Gasteiger partial charge is 0.326 e. The average molecular weight is 713 g/mol. The number of unbranched alkanes of at least 4 members (excludes halogenated alkanes) is 1. The summed E-state index contributed by atoms with van der Waals surface area (Å²) in [7, 11) is 0. The van der Waals surface area contributed by atoms with Crippen LogP contribution < -0.4 is 11.1 Å². The fourth-order valence-electron chi connectivity index (χ4n) is 6.38. The predicted octanol–water partition coefficient (Wildman–Crippen LogP) is 3.48. The molecule has 0 saturated heterocycles. The van der Waals surface area contributed by atoms with Crippen molar-refractivity contribution >= 4 is 23.8 Å². The topological polar surface area (TPSA) is 203 Å². The number of aryl methyl sites for hydroxylation is 2. The number of aromatic nitrogens is 2. The number of nitrogens with two attached hydrogens (primary N) is 1. The Kier molecular flexibility index (Phi) is 17.3. The summed E-state index contributed by atoms with van der Waals surface area (Å²) in [6.45, 7) is 5.34. The zero-order chi connectivity index (χ0) is 37.3. The summed E-state index contributed by atoms with van der Waals surface area (Å²) in [5.74, 6) is -2.76. The molecule has 0 aliphatic heterocycles. The molecule has 13 nitrogen and oxygen atoms in total. The number of ether oxygens (including phenoxy) is 2. The van der Waals surface area contributed by atoms with Crippen LogP contribution in [0, 0.1) is 11.8 Å². The van der Waals surface area contributed by atoms with Crippen molar-refractivity contribution < 1.29 is 44.0 Å². The van der Waals surface area contributed by atoms with E-state index in [1.54, 1.807) is 10.8 Å².